The Labute approximate surface area is 405 Å². The minimum absolute atomic E-state index is 0.575. The molecule has 0 saturated heterocycles. The first kappa shape index (κ1) is 51.0. The first-order valence-corrected chi connectivity index (χ1v) is 37.3. The van der Waals surface area contributed by atoms with Crippen LogP contribution in [0.1, 0.15) is 146 Å². The molecule has 3 aliphatic rings. The van der Waals surface area contributed by atoms with Gasteiger partial charge in [0, 0.05) is 0 Å². The average Bonchev–Trinajstić information content (AvgIpc) is 3.63. The average molecular weight is 959 g/mol. The summed E-state index contributed by atoms with van der Waals surface area (Å²) in [7, 11) is 0. The van der Waals surface area contributed by atoms with Crippen molar-refractivity contribution in [1.29, 1.82) is 0 Å². The molecule has 4 aromatic carbocycles. The standard InChI is InChI=1S/C12H24N.2C12H11Si.2C9H13.C4H10N.2Ti/c13-12-10-8-6-4-2-1-3-5-7-9-11-12;2*1-3-7-11(8-4-1)13-12-9-5-2-6-10-12;2*1-6-5-7(2)9(4)8(6)3;1-3-4(2)5;;/h12-13H,1-11H2;2*1-10,13H;2*6H,1-4H3;4-5H,3H2,1-2H3;;/q-1;;;;;-1;2*+1. The van der Waals surface area contributed by atoms with Gasteiger partial charge in [-0.05, 0) is 0 Å². The molecule has 0 amide bonds. The molecule has 2 nitrogen and oxygen atoms in total. The van der Waals surface area contributed by atoms with Gasteiger partial charge in [-0.25, -0.2) is 0 Å². The molecule has 0 bridgehead atoms. The Hall–Kier alpha value is -2.38. The van der Waals surface area contributed by atoms with Gasteiger partial charge in [-0.3, -0.25) is 0 Å². The van der Waals surface area contributed by atoms with E-state index in [0.29, 0.717) is 23.9 Å². The Morgan fingerprint density at radius 1 is 0.469 bits per heavy atom. The first-order valence-electron chi connectivity index (χ1n) is 25.3. The van der Waals surface area contributed by atoms with Gasteiger partial charge in [-0.15, -0.1) is 0 Å². The van der Waals surface area contributed by atoms with Gasteiger partial charge in [0.1, 0.15) is 0 Å². The van der Waals surface area contributed by atoms with Crippen LogP contribution in [-0.4, -0.2) is 25.4 Å². The van der Waals surface area contributed by atoms with E-state index in [-0.39, 0.29) is 0 Å². The van der Waals surface area contributed by atoms with Crippen molar-refractivity contribution in [1.82, 2.24) is 7.60 Å². The molecular weight excluding hydrogens is 877 g/mol. The Balaban J connectivity index is 0.000000219. The van der Waals surface area contributed by atoms with Crippen LogP contribution in [0.3, 0.4) is 0 Å². The first-order chi connectivity index (χ1) is 31.0. The van der Waals surface area contributed by atoms with Gasteiger partial charge in [-0.2, -0.15) is 0 Å². The van der Waals surface area contributed by atoms with E-state index in [1.54, 1.807) is 52.5 Å². The molecule has 3 aliphatic carbocycles. The van der Waals surface area contributed by atoms with Crippen LogP contribution in [0.5, 0.6) is 0 Å². The van der Waals surface area contributed by atoms with Crippen molar-refractivity contribution in [2.45, 2.75) is 158 Å². The van der Waals surface area contributed by atoms with E-state index >= 15 is 0 Å². The molecule has 2 N–H and O–H groups in total. The summed E-state index contributed by atoms with van der Waals surface area (Å²) in [5, 5.41) is 6.45. The van der Waals surface area contributed by atoms with Crippen molar-refractivity contribution < 1.29 is 34.8 Å². The second-order valence-electron chi connectivity index (χ2n) is 19.5. The quantitative estimate of drug-likeness (QED) is 0.131. The molecule has 3 unspecified atom stereocenters. The van der Waals surface area contributed by atoms with Crippen molar-refractivity contribution >= 4 is 34.1 Å². The zero-order chi connectivity index (χ0) is 45.6. The molecule has 1 saturated carbocycles. The van der Waals surface area contributed by atoms with E-state index < -0.39 is 48.1 Å². The van der Waals surface area contributed by atoms with E-state index in [1.807, 2.05) is 3.88 Å². The fourth-order valence-electron chi connectivity index (χ4n) is 10.8. The van der Waals surface area contributed by atoms with Gasteiger partial charge >= 0.3 is 409 Å². The van der Waals surface area contributed by atoms with Crippen molar-refractivity contribution in [3.05, 3.63) is 163 Å². The van der Waals surface area contributed by atoms with Crippen LogP contribution in [0, 0.1) is 11.8 Å². The predicted octanol–water partition coefficient (Wildman–Crippen LogP) is 12.3. The van der Waals surface area contributed by atoms with Crippen LogP contribution >= 0.6 is 0 Å². The molecule has 0 radical (unpaired) electrons. The Morgan fingerprint density at radius 2 is 0.781 bits per heavy atom. The van der Waals surface area contributed by atoms with Crippen LogP contribution in [-0.2, 0) is 34.8 Å². The zero-order valence-corrected chi connectivity index (χ0v) is 46.9. The second kappa shape index (κ2) is 25.7. The summed E-state index contributed by atoms with van der Waals surface area (Å²) in [5.41, 5.74) is 9.50. The molecule has 0 heterocycles. The molecule has 64 heavy (non-hydrogen) atoms. The molecule has 4 aromatic rings. The summed E-state index contributed by atoms with van der Waals surface area (Å²) in [5.74, 6) is 1.19. The van der Waals surface area contributed by atoms with Gasteiger partial charge in [0.05, 0.1) is 0 Å². The van der Waals surface area contributed by atoms with Gasteiger partial charge < -0.3 is 0 Å². The third-order valence-electron chi connectivity index (χ3n) is 15.4. The number of nitrogens with one attached hydrogen (secondary N) is 2. The van der Waals surface area contributed by atoms with Crippen molar-refractivity contribution in [3.8, 4) is 0 Å². The van der Waals surface area contributed by atoms with Crippen LogP contribution in [0.25, 0.3) is 0 Å². The van der Waals surface area contributed by atoms with E-state index in [0.717, 1.165) is 0 Å². The second-order valence-corrected chi connectivity index (χ2v) is 39.3. The predicted molar refractivity (Wildman–Crippen MR) is 280 cm³/mol. The molecule has 0 aromatic heterocycles. The third kappa shape index (κ3) is 13.0. The molecular formula is C58H82N2Si2Ti2. The van der Waals surface area contributed by atoms with E-state index in [9.17, 15) is 0 Å². The van der Waals surface area contributed by atoms with Crippen LogP contribution in [0.15, 0.2) is 163 Å². The molecule has 340 valence electrons. The number of rotatable bonds is 13. The maximum absolute atomic E-state index is 4.59. The summed E-state index contributed by atoms with van der Waals surface area (Å²) in [6.45, 7) is 21.1. The van der Waals surface area contributed by atoms with Gasteiger partial charge in [0.2, 0.25) is 0 Å². The molecule has 1 fully saturated rings. The molecule has 0 spiro atoms. The number of benzene rings is 4. The molecule has 6 heteroatoms. The SMILES string of the molecule is CC1=C(C)C(C)[C]([Ti]([NH]C2CCCCCCCCCCC2)[SiH](c2ccccc2)c2ccccc2)=C1C.CCC(C)[NH][Ti]([C]1=C(C)C(C)=C(C)C1C)[SiH](c1ccccc1)c1ccccc1. The third-order valence-corrected chi connectivity index (χ3v) is 43.1. The van der Waals surface area contributed by atoms with Crippen molar-refractivity contribution in [2.75, 3.05) is 0 Å². The van der Waals surface area contributed by atoms with Crippen molar-refractivity contribution in [3.63, 3.8) is 0 Å². The van der Waals surface area contributed by atoms with Crippen LogP contribution in [0.2, 0.25) is 0 Å². The monoisotopic (exact) mass is 958 g/mol. The van der Waals surface area contributed by atoms with Crippen LogP contribution < -0.4 is 28.3 Å². The van der Waals surface area contributed by atoms with Gasteiger partial charge in [0.25, 0.3) is 0 Å². The van der Waals surface area contributed by atoms with E-state index in [4.69, 9.17) is 0 Å². The zero-order valence-electron chi connectivity index (χ0n) is 41.5. The molecule has 0 aliphatic heterocycles. The summed E-state index contributed by atoms with van der Waals surface area (Å²) < 4.78 is 12.5. The number of hydrogen-bond acceptors (Lipinski definition) is 2. The van der Waals surface area contributed by atoms with E-state index in [2.05, 4.69) is 198 Å². The van der Waals surface area contributed by atoms with Gasteiger partial charge in [0.15, 0.2) is 0 Å². The Morgan fingerprint density at radius 3 is 1.09 bits per heavy atom. The number of allylic oxidation sites excluding steroid dienone is 8. The maximum atomic E-state index is 4.59. The van der Waals surface area contributed by atoms with Gasteiger partial charge in [-0.1, -0.05) is 0 Å². The molecule has 3 atom stereocenters. The fraction of sp³-hybridized carbons (Fsp3) is 0.448. The summed E-state index contributed by atoms with van der Waals surface area (Å²) >= 11 is -3.62. The Kier molecular flexibility index (Phi) is 20.5. The fourth-order valence-corrected chi connectivity index (χ4v) is 43.3. The topological polar surface area (TPSA) is 24.1 Å². The number of hydrogen-bond donors (Lipinski definition) is 2. The Bertz CT molecular complexity index is 2090. The van der Waals surface area contributed by atoms with Crippen molar-refractivity contribution in [2.24, 2.45) is 11.8 Å². The normalized spacial score (nSPS) is 19.8. The summed E-state index contributed by atoms with van der Waals surface area (Å²) in [6.07, 6.45) is 16.8. The van der Waals surface area contributed by atoms with Crippen LogP contribution in [0.4, 0.5) is 0 Å². The minimum atomic E-state index is -1.86. The van der Waals surface area contributed by atoms with E-state index in [1.165, 1.54) is 82.6 Å². The molecule has 7 rings (SSSR count). The summed E-state index contributed by atoms with van der Waals surface area (Å²) in [4.78, 5) is 0. The summed E-state index contributed by atoms with van der Waals surface area (Å²) in [6, 6.07) is 47.3.